The molecule has 0 saturated heterocycles. The summed E-state index contributed by atoms with van der Waals surface area (Å²) < 4.78 is 4.75. The van der Waals surface area contributed by atoms with Crippen LogP contribution < -0.4 is 5.32 Å². The summed E-state index contributed by atoms with van der Waals surface area (Å²) in [4.78, 5) is 11.7. The number of carbonyl (C=O) groups is 1. The highest BCUT2D eigenvalue weighted by Gasteiger charge is 2.24. The monoisotopic (exact) mass is 237 g/mol. The molecule has 1 aromatic rings. The number of esters is 1. The van der Waals surface area contributed by atoms with E-state index in [9.17, 15) is 9.90 Å². The van der Waals surface area contributed by atoms with Crippen molar-refractivity contribution >= 4 is 5.97 Å². The van der Waals surface area contributed by atoms with Crippen LogP contribution in [0.25, 0.3) is 0 Å². The Kier molecular flexibility index (Phi) is 4.97. The molecular weight excluding hydrogens is 218 g/mol. The molecule has 1 aromatic carbocycles. The molecule has 0 bridgehead atoms. The molecule has 2 N–H and O–H groups in total. The van der Waals surface area contributed by atoms with E-state index in [1.165, 1.54) is 7.11 Å². The fourth-order valence-corrected chi connectivity index (χ4v) is 1.54. The van der Waals surface area contributed by atoms with Crippen molar-refractivity contribution in [1.82, 2.24) is 5.32 Å². The number of phenols is 1. The minimum Gasteiger partial charge on any atom is -0.508 e. The first-order chi connectivity index (χ1) is 8.10. The maximum atomic E-state index is 11.7. The summed E-state index contributed by atoms with van der Waals surface area (Å²) in [6, 6.07) is 6.31. The second-order valence-corrected chi connectivity index (χ2v) is 3.99. The molecule has 0 radical (unpaired) electrons. The van der Waals surface area contributed by atoms with Crippen molar-refractivity contribution in [2.45, 2.75) is 32.4 Å². The average molecular weight is 237 g/mol. The summed E-state index contributed by atoms with van der Waals surface area (Å²) in [6.07, 6.45) is 0.890. The summed E-state index contributed by atoms with van der Waals surface area (Å²) in [5.74, 6) is -0.300. The number of ether oxygens (including phenoxy) is 1. The minimum atomic E-state index is -0.629. The van der Waals surface area contributed by atoms with Crippen LogP contribution in [0, 0.1) is 0 Å². The molecule has 0 saturated carbocycles. The van der Waals surface area contributed by atoms with E-state index in [2.05, 4.69) is 5.32 Å². The van der Waals surface area contributed by atoms with Crippen molar-refractivity contribution in [1.29, 1.82) is 0 Å². The van der Waals surface area contributed by atoms with Crippen LogP contribution in [0.5, 0.6) is 5.75 Å². The molecule has 2 unspecified atom stereocenters. The van der Waals surface area contributed by atoms with Crippen LogP contribution >= 0.6 is 0 Å². The number of aromatic hydroxyl groups is 1. The number of para-hydroxylation sites is 1. The van der Waals surface area contributed by atoms with E-state index < -0.39 is 12.0 Å². The van der Waals surface area contributed by atoms with Gasteiger partial charge in [0.1, 0.15) is 11.8 Å². The molecule has 4 heteroatoms. The minimum absolute atomic E-state index is 0.0960. The lowest BCUT2D eigenvalue weighted by atomic mass is 10.0. The number of benzene rings is 1. The van der Waals surface area contributed by atoms with E-state index in [1.807, 2.05) is 13.8 Å². The first-order valence-corrected chi connectivity index (χ1v) is 5.71. The van der Waals surface area contributed by atoms with Gasteiger partial charge in [-0.2, -0.15) is 0 Å². The lowest BCUT2D eigenvalue weighted by molar-refractivity contribution is -0.143. The zero-order valence-corrected chi connectivity index (χ0v) is 10.4. The Bertz CT molecular complexity index is 379. The molecule has 1 rings (SSSR count). The first-order valence-electron chi connectivity index (χ1n) is 5.71. The number of carbonyl (C=O) groups excluding carboxylic acids is 1. The molecule has 17 heavy (non-hydrogen) atoms. The van der Waals surface area contributed by atoms with Crippen LogP contribution in [0.4, 0.5) is 0 Å². The smallest absolute Gasteiger partial charge is 0.327 e. The average Bonchev–Trinajstić information content (AvgIpc) is 2.35. The number of nitrogens with one attached hydrogen (secondary N) is 1. The van der Waals surface area contributed by atoms with E-state index in [4.69, 9.17) is 4.74 Å². The van der Waals surface area contributed by atoms with E-state index in [0.717, 1.165) is 6.42 Å². The third kappa shape index (κ3) is 3.46. The Balaban J connectivity index is 2.98. The molecule has 0 aliphatic carbocycles. The number of hydrogen-bond donors (Lipinski definition) is 2. The van der Waals surface area contributed by atoms with Crippen LogP contribution in [-0.2, 0) is 9.53 Å². The van der Waals surface area contributed by atoms with Gasteiger partial charge in [0.2, 0.25) is 0 Å². The number of rotatable bonds is 5. The molecule has 2 atom stereocenters. The summed E-state index contributed by atoms with van der Waals surface area (Å²) in [6.45, 7) is 4.01. The van der Waals surface area contributed by atoms with Crippen molar-refractivity contribution < 1.29 is 14.6 Å². The van der Waals surface area contributed by atoms with Crippen LogP contribution in [-0.4, -0.2) is 24.2 Å². The van der Waals surface area contributed by atoms with Gasteiger partial charge in [-0.15, -0.1) is 0 Å². The molecule has 0 spiro atoms. The highest BCUT2D eigenvalue weighted by molar-refractivity contribution is 5.78. The molecule has 0 amide bonds. The topological polar surface area (TPSA) is 58.6 Å². The van der Waals surface area contributed by atoms with Crippen LogP contribution in [0.3, 0.4) is 0 Å². The molecule has 0 aliphatic heterocycles. The van der Waals surface area contributed by atoms with E-state index in [-0.39, 0.29) is 11.8 Å². The van der Waals surface area contributed by atoms with Gasteiger partial charge in [-0.25, -0.2) is 4.79 Å². The van der Waals surface area contributed by atoms with Crippen molar-refractivity contribution in [2.24, 2.45) is 0 Å². The number of phenolic OH excluding ortho intramolecular Hbond substituents is 1. The zero-order chi connectivity index (χ0) is 12.8. The standard InChI is InChI=1S/C13H19NO3/c1-4-9(2)14-12(13(16)17-3)10-7-5-6-8-11(10)15/h5-9,12,14-15H,4H2,1-3H3. The van der Waals surface area contributed by atoms with Crippen LogP contribution in [0.1, 0.15) is 31.9 Å². The third-order valence-electron chi connectivity index (χ3n) is 2.75. The molecule has 4 nitrogen and oxygen atoms in total. The number of hydrogen-bond acceptors (Lipinski definition) is 4. The van der Waals surface area contributed by atoms with Gasteiger partial charge in [0.25, 0.3) is 0 Å². The Morgan fingerprint density at radius 3 is 2.65 bits per heavy atom. The van der Waals surface area contributed by atoms with Gasteiger partial charge in [-0.3, -0.25) is 5.32 Å². The van der Waals surface area contributed by atoms with Gasteiger partial charge < -0.3 is 9.84 Å². The third-order valence-corrected chi connectivity index (χ3v) is 2.75. The lowest BCUT2D eigenvalue weighted by Gasteiger charge is -2.21. The van der Waals surface area contributed by atoms with E-state index in [0.29, 0.717) is 5.56 Å². The van der Waals surface area contributed by atoms with Gasteiger partial charge in [0.05, 0.1) is 7.11 Å². The lowest BCUT2D eigenvalue weighted by Crippen LogP contribution is -2.35. The van der Waals surface area contributed by atoms with Gasteiger partial charge in [-0.1, -0.05) is 25.1 Å². The van der Waals surface area contributed by atoms with Crippen molar-refractivity contribution in [3.05, 3.63) is 29.8 Å². The van der Waals surface area contributed by atoms with Gasteiger partial charge >= 0.3 is 5.97 Å². The van der Waals surface area contributed by atoms with Crippen molar-refractivity contribution in [3.8, 4) is 5.75 Å². The van der Waals surface area contributed by atoms with Gasteiger partial charge in [-0.05, 0) is 19.4 Å². The van der Waals surface area contributed by atoms with Crippen molar-refractivity contribution in [2.75, 3.05) is 7.11 Å². The molecule has 94 valence electrons. The van der Waals surface area contributed by atoms with E-state index in [1.54, 1.807) is 24.3 Å². The molecular formula is C13H19NO3. The maximum Gasteiger partial charge on any atom is 0.327 e. The fraction of sp³-hybridized carbons (Fsp3) is 0.462. The highest BCUT2D eigenvalue weighted by atomic mass is 16.5. The SMILES string of the molecule is CCC(C)NC(C(=O)OC)c1ccccc1O. The normalized spacial score (nSPS) is 14.1. The molecule has 0 fully saturated rings. The Labute approximate surface area is 102 Å². The molecule has 0 heterocycles. The second-order valence-electron chi connectivity index (χ2n) is 3.99. The summed E-state index contributed by atoms with van der Waals surface area (Å²) >= 11 is 0. The summed E-state index contributed by atoms with van der Waals surface area (Å²) in [5.41, 5.74) is 0.541. The van der Waals surface area contributed by atoms with Gasteiger partial charge in [0.15, 0.2) is 0 Å². The second kappa shape index (κ2) is 6.25. The Hall–Kier alpha value is -1.55. The molecule has 0 aromatic heterocycles. The first kappa shape index (κ1) is 13.5. The predicted molar refractivity (Wildman–Crippen MR) is 65.8 cm³/mol. The quantitative estimate of drug-likeness (QED) is 0.769. The van der Waals surface area contributed by atoms with Crippen LogP contribution in [0.15, 0.2) is 24.3 Å². The van der Waals surface area contributed by atoms with Gasteiger partial charge in [0, 0.05) is 11.6 Å². The molecule has 0 aliphatic rings. The highest BCUT2D eigenvalue weighted by Crippen LogP contribution is 2.25. The summed E-state index contributed by atoms with van der Waals surface area (Å²) in [7, 11) is 1.34. The maximum absolute atomic E-state index is 11.7. The predicted octanol–water partition coefficient (Wildman–Crippen LogP) is 1.99. The fourth-order valence-electron chi connectivity index (χ4n) is 1.54. The van der Waals surface area contributed by atoms with Crippen LogP contribution in [0.2, 0.25) is 0 Å². The largest absolute Gasteiger partial charge is 0.508 e. The number of methoxy groups -OCH3 is 1. The summed E-state index contributed by atoms with van der Waals surface area (Å²) in [5, 5.41) is 12.9. The zero-order valence-electron chi connectivity index (χ0n) is 10.4. The van der Waals surface area contributed by atoms with Crippen molar-refractivity contribution in [3.63, 3.8) is 0 Å². The van der Waals surface area contributed by atoms with E-state index >= 15 is 0 Å². The Morgan fingerprint density at radius 2 is 2.12 bits per heavy atom. The Morgan fingerprint density at radius 1 is 1.47 bits per heavy atom.